The number of amides is 1. The molecule has 128 valence electrons. The molecule has 0 saturated carbocycles. The second-order valence-corrected chi connectivity index (χ2v) is 7.33. The molecule has 6 heteroatoms. The SMILES string of the molecule is C[NH+]1CCN(C2=NC(=O)/C(=C/c3ccc(-c4ccccc4)o3)S2)CC1. The number of benzene rings is 1. The second kappa shape index (κ2) is 6.90. The third-order valence-corrected chi connectivity index (χ3v) is 5.50. The predicted octanol–water partition coefficient (Wildman–Crippen LogP) is 1.75. The molecular formula is C19H20N3O2S+. The van der Waals surface area contributed by atoms with Crippen molar-refractivity contribution in [1.29, 1.82) is 0 Å². The minimum absolute atomic E-state index is 0.177. The van der Waals surface area contributed by atoms with Crippen molar-refractivity contribution in [2.24, 2.45) is 4.99 Å². The van der Waals surface area contributed by atoms with Gasteiger partial charge < -0.3 is 14.2 Å². The number of piperazine rings is 1. The van der Waals surface area contributed by atoms with Crippen molar-refractivity contribution < 1.29 is 14.1 Å². The minimum atomic E-state index is -0.177. The van der Waals surface area contributed by atoms with E-state index in [0.717, 1.165) is 42.7 Å². The third kappa shape index (κ3) is 3.55. The summed E-state index contributed by atoms with van der Waals surface area (Å²) in [5.74, 6) is 1.30. The highest BCUT2D eigenvalue weighted by Gasteiger charge is 2.29. The van der Waals surface area contributed by atoms with Crippen LogP contribution in [0.2, 0.25) is 0 Å². The number of rotatable bonds is 2. The maximum Gasteiger partial charge on any atom is 0.286 e. The van der Waals surface area contributed by atoms with E-state index in [1.54, 1.807) is 6.08 Å². The van der Waals surface area contributed by atoms with Gasteiger partial charge in [0, 0.05) is 11.6 Å². The van der Waals surface area contributed by atoms with Crippen molar-refractivity contribution in [3.8, 4) is 11.3 Å². The number of aliphatic imine (C=N–C) groups is 1. The molecule has 1 N–H and O–H groups in total. The average molecular weight is 354 g/mol. The summed E-state index contributed by atoms with van der Waals surface area (Å²) in [5.41, 5.74) is 1.02. The van der Waals surface area contributed by atoms with Gasteiger partial charge in [0.15, 0.2) is 5.17 Å². The number of likely N-dealkylation sites (N-methyl/N-ethyl adjacent to an activating group) is 1. The summed E-state index contributed by atoms with van der Waals surface area (Å²) in [6, 6.07) is 13.7. The summed E-state index contributed by atoms with van der Waals surface area (Å²) < 4.78 is 5.86. The lowest BCUT2D eigenvalue weighted by Gasteiger charge is -2.30. The van der Waals surface area contributed by atoms with Crippen LogP contribution in [0.25, 0.3) is 17.4 Å². The summed E-state index contributed by atoms with van der Waals surface area (Å²) in [6.07, 6.45) is 1.79. The molecule has 25 heavy (non-hydrogen) atoms. The fraction of sp³-hybridized carbons (Fsp3) is 0.263. The topological polar surface area (TPSA) is 50.2 Å². The number of quaternary nitrogens is 1. The lowest BCUT2D eigenvalue weighted by molar-refractivity contribution is -0.883. The predicted molar refractivity (Wildman–Crippen MR) is 100 cm³/mol. The Hall–Kier alpha value is -2.31. The van der Waals surface area contributed by atoms with Crippen molar-refractivity contribution in [2.45, 2.75) is 0 Å². The van der Waals surface area contributed by atoms with E-state index in [2.05, 4.69) is 16.9 Å². The molecule has 1 fully saturated rings. The molecule has 5 nitrogen and oxygen atoms in total. The highest BCUT2D eigenvalue weighted by atomic mass is 32.2. The molecule has 1 aromatic carbocycles. The molecule has 1 saturated heterocycles. The van der Waals surface area contributed by atoms with Gasteiger partial charge in [0.2, 0.25) is 0 Å². The van der Waals surface area contributed by atoms with E-state index in [4.69, 9.17) is 4.42 Å². The Morgan fingerprint density at radius 2 is 1.92 bits per heavy atom. The van der Waals surface area contributed by atoms with Crippen LogP contribution in [0.3, 0.4) is 0 Å². The third-order valence-electron chi connectivity index (χ3n) is 4.46. The number of hydrogen-bond acceptors (Lipinski definition) is 4. The van der Waals surface area contributed by atoms with Crippen LogP contribution in [-0.4, -0.2) is 49.2 Å². The van der Waals surface area contributed by atoms with Gasteiger partial charge in [-0.1, -0.05) is 30.3 Å². The van der Waals surface area contributed by atoms with Crippen LogP contribution < -0.4 is 4.90 Å². The number of thioether (sulfide) groups is 1. The van der Waals surface area contributed by atoms with E-state index < -0.39 is 0 Å². The molecule has 0 unspecified atom stereocenters. The van der Waals surface area contributed by atoms with Crippen molar-refractivity contribution in [2.75, 3.05) is 33.2 Å². The Bertz CT molecular complexity index is 833. The van der Waals surface area contributed by atoms with E-state index in [9.17, 15) is 4.79 Å². The van der Waals surface area contributed by atoms with Gasteiger partial charge in [-0.3, -0.25) is 4.79 Å². The van der Waals surface area contributed by atoms with Crippen LogP contribution in [0.15, 0.2) is 56.8 Å². The first-order chi connectivity index (χ1) is 12.2. The number of carbonyl (C=O) groups is 1. The van der Waals surface area contributed by atoms with E-state index in [-0.39, 0.29) is 5.91 Å². The molecule has 1 amide bonds. The van der Waals surface area contributed by atoms with Crippen LogP contribution in [0.5, 0.6) is 0 Å². The first-order valence-electron chi connectivity index (χ1n) is 8.43. The van der Waals surface area contributed by atoms with E-state index in [1.807, 2.05) is 42.5 Å². The summed E-state index contributed by atoms with van der Waals surface area (Å²) in [7, 11) is 2.19. The summed E-state index contributed by atoms with van der Waals surface area (Å²) >= 11 is 1.44. The van der Waals surface area contributed by atoms with Crippen molar-refractivity contribution in [3.05, 3.63) is 53.1 Å². The average Bonchev–Trinajstić information content (AvgIpc) is 3.24. The maximum atomic E-state index is 12.2. The minimum Gasteiger partial charge on any atom is -0.457 e. The van der Waals surface area contributed by atoms with E-state index >= 15 is 0 Å². The monoisotopic (exact) mass is 354 g/mol. The van der Waals surface area contributed by atoms with Gasteiger partial charge in [-0.15, -0.1) is 0 Å². The number of amidine groups is 1. The Labute approximate surface area is 151 Å². The zero-order valence-corrected chi connectivity index (χ0v) is 14.9. The van der Waals surface area contributed by atoms with Gasteiger partial charge in [-0.2, -0.15) is 4.99 Å². The molecule has 3 heterocycles. The lowest BCUT2D eigenvalue weighted by atomic mass is 10.2. The number of nitrogens with one attached hydrogen (secondary N) is 1. The fourth-order valence-corrected chi connectivity index (χ4v) is 3.88. The van der Waals surface area contributed by atoms with Gasteiger partial charge in [-0.05, 0) is 23.9 Å². The Morgan fingerprint density at radius 1 is 1.16 bits per heavy atom. The second-order valence-electron chi connectivity index (χ2n) is 6.32. The largest absolute Gasteiger partial charge is 0.457 e. The first kappa shape index (κ1) is 16.2. The van der Waals surface area contributed by atoms with Gasteiger partial charge in [0.25, 0.3) is 5.91 Å². The molecule has 1 aromatic heterocycles. The van der Waals surface area contributed by atoms with Crippen molar-refractivity contribution >= 4 is 28.9 Å². The summed E-state index contributed by atoms with van der Waals surface area (Å²) in [6.45, 7) is 4.03. The van der Waals surface area contributed by atoms with Gasteiger partial charge in [-0.25, -0.2) is 0 Å². The van der Waals surface area contributed by atoms with Crippen molar-refractivity contribution in [3.63, 3.8) is 0 Å². The smallest absolute Gasteiger partial charge is 0.286 e. The summed E-state index contributed by atoms with van der Waals surface area (Å²) in [4.78, 5) is 20.8. The molecule has 0 aliphatic carbocycles. The molecule has 2 aliphatic heterocycles. The molecule has 0 radical (unpaired) electrons. The molecule has 2 aromatic rings. The maximum absolute atomic E-state index is 12.2. The zero-order valence-electron chi connectivity index (χ0n) is 14.1. The lowest BCUT2D eigenvalue weighted by Crippen LogP contribution is -3.12. The Morgan fingerprint density at radius 3 is 2.68 bits per heavy atom. The van der Waals surface area contributed by atoms with Crippen molar-refractivity contribution in [1.82, 2.24) is 4.90 Å². The molecular weight excluding hydrogens is 334 g/mol. The summed E-state index contributed by atoms with van der Waals surface area (Å²) in [5, 5.41) is 0.818. The van der Waals surface area contributed by atoms with Gasteiger partial charge >= 0.3 is 0 Å². The molecule has 2 aliphatic rings. The quantitative estimate of drug-likeness (QED) is 0.835. The van der Waals surface area contributed by atoms with Crippen LogP contribution >= 0.6 is 11.8 Å². The fourth-order valence-electron chi connectivity index (χ4n) is 2.93. The first-order valence-corrected chi connectivity index (χ1v) is 9.25. The molecule has 0 atom stereocenters. The molecule has 0 bridgehead atoms. The van der Waals surface area contributed by atoms with Crippen LogP contribution in [0, 0.1) is 0 Å². The molecule has 0 spiro atoms. The Kier molecular flexibility index (Phi) is 4.46. The number of furan rings is 1. The van der Waals surface area contributed by atoms with E-state index in [1.165, 1.54) is 16.7 Å². The van der Waals surface area contributed by atoms with E-state index in [0.29, 0.717) is 10.7 Å². The number of carbonyl (C=O) groups excluding carboxylic acids is 1. The van der Waals surface area contributed by atoms with Gasteiger partial charge in [0.1, 0.15) is 11.5 Å². The van der Waals surface area contributed by atoms with Gasteiger partial charge in [0.05, 0.1) is 38.1 Å². The standard InChI is InChI=1S/C19H19N3O2S/c1-21-9-11-22(12-10-21)19-20-18(23)17(25-19)13-15-7-8-16(24-15)14-5-3-2-4-6-14/h2-8,13H,9-12H2,1H3/p+1/b17-13-. The van der Waals surface area contributed by atoms with Crippen LogP contribution in [-0.2, 0) is 4.79 Å². The van der Waals surface area contributed by atoms with Crippen LogP contribution in [0.4, 0.5) is 0 Å². The normalized spacial score (nSPS) is 20.4. The number of hydrogen-bond donors (Lipinski definition) is 1. The highest BCUT2D eigenvalue weighted by Crippen LogP contribution is 2.31. The number of nitrogens with zero attached hydrogens (tertiary/aromatic N) is 2. The Balaban J connectivity index is 1.48. The van der Waals surface area contributed by atoms with Crippen LogP contribution in [0.1, 0.15) is 5.76 Å². The zero-order chi connectivity index (χ0) is 17.2. The highest BCUT2D eigenvalue weighted by molar-refractivity contribution is 8.18. The molecule has 4 rings (SSSR count).